The fourth-order valence-electron chi connectivity index (χ4n) is 4.14. The third kappa shape index (κ3) is 3.29. The molecule has 0 spiro atoms. The van der Waals surface area contributed by atoms with Crippen LogP contribution in [0.15, 0.2) is 12.4 Å². The number of hydrogen-bond acceptors (Lipinski definition) is 4. The highest BCUT2D eigenvalue weighted by molar-refractivity contribution is 5.83. The second-order valence-electron chi connectivity index (χ2n) is 7.26. The van der Waals surface area contributed by atoms with Crippen molar-refractivity contribution in [3.8, 4) is 0 Å². The molecule has 1 N–H and O–H groups in total. The molecule has 7 heteroatoms. The molecule has 3 rings (SSSR count). The molecule has 0 radical (unpaired) electrons. The van der Waals surface area contributed by atoms with Crippen molar-refractivity contribution >= 4 is 11.9 Å². The van der Waals surface area contributed by atoms with Crippen LogP contribution < -0.4 is 0 Å². The van der Waals surface area contributed by atoms with Gasteiger partial charge in [0.1, 0.15) is 0 Å². The molecule has 2 fully saturated rings. The van der Waals surface area contributed by atoms with Crippen LogP contribution in [-0.2, 0) is 15.1 Å². The highest BCUT2D eigenvalue weighted by atomic mass is 16.4. The number of likely N-dealkylation sites (N-methyl/N-ethyl adjacent to an activating group) is 1. The van der Waals surface area contributed by atoms with Gasteiger partial charge in [0.05, 0.1) is 12.2 Å². The largest absolute Gasteiger partial charge is 0.479 e. The summed E-state index contributed by atoms with van der Waals surface area (Å²) >= 11 is 0. The Hall–Kier alpha value is -1.89. The molecule has 0 unspecified atom stereocenters. The molecular formula is C18H28N4O3. The van der Waals surface area contributed by atoms with Crippen LogP contribution in [0.25, 0.3) is 0 Å². The summed E-state index contributed by atoms with van der Waals surface area (Å²) in [7, 11) is 0. The molecule has 2 aliphatic heterocycles. The zero-order chi connectivity index (χ0) is 18.0. The number of carboxylic acids is 1. The number of likely N-dealkylation sites (tertiary alicyclic amines) is 2. The van der Waals surface area contributed by atoms with Gasteiger partial charge >= 0.3 is 5.97 Å². The Morgan fingerprint density at radius 2 is 2.00 bits per heavy atom. The van der Waals surface area contributed by atoms with Gasteiger partial charge in [-0.05, 0) is 38.4 Å². The third-order valence-corrected chi connectivity index (χ3v) is 5.76. The van der Waals surface area contributed by atoms with Gasteiger partial charge in [-0.25, -0.2) is 4.79 Å². The lowest BCUT2D eigenvalue weighted by molar-refractivity contribution is -0.154. The zero-order valence-electron chi connectivity index (χ0n) is 15.1. The summed E-state index contributed by atoms with van der Waals surface area (Å²) in [5.74, 6) is -0.701. The molecule has 138 valence electrons. The number of hydrogen-bond donors (Lipinski definition) is 1. The average Bonchev–Trinajstić information content (AvgIpc) is 3.07. The first-order valence-corrected chi connectivity index (χ1v) is 9.26. The van der Waals surface area contributed by atoms with E-state index in [1.165, 1.54) is 0 Å². The maximum absolute atomic E-state index is 13.0. The highest BCUT2D eigenvalue weighted by Crippen LogP contribution is 2.31. The minimum Gasteiger partial charge on any atom is -0.479 e. The van der Waals surface area contributed by atoms with Gasteiger partial charge < -0.3 is 10.0 Å². The van der Waals surface area contributed by atoms with Gasteiger partial charge in [-0.3, -0.25) is 14.4 Å². The van der Waals surface area contributed by atoms with E-state index >= 15 is 0 Å². The summed E-state index contributed by atoms with van der Waals surface area (Å²) in [5.41, 5.74) is -0.0953. The van der Waals surface area contributed by atoms with E-state index in [2.05, 4.69) is 16.9 Å². The average molecular weight is 348 g/mol. The molecule has 0 bridgehead atoms. The quantitative estimate of drug-likeness (QED) is 0.891. The van der Waals surface area contributed by atoms with E-state index in [0.29, 0.717) is 25.9 Å². The van der Waals surface area contributed by atoms with Crippen LogP contribution in [0.1, 0.15) is 44.6 Å². The van der Waals surface area contributed by atoms with Gasteiger partial charge in [0, 0.05) is 32.1 Å². The SMILES string of the molecule is CCN1CCCC[C@@H]1C(=O)N1CCC(C(=O)O)(n2cc(C)cn2)CC1. The van der Waals surface area contributed by atoms with Gasteiger partial charge in [0.2, 0.25) is 5.91 Å². The third-order valence-electron chi connectivity index (χ3n) is 5.76. The van der Waals surface area contributed by atoms with E-state index in [1.54, 1.807) is 17.1 Å². The molecule has 0 aliphatic carbocycles. The van der Waals surface area contributed by atoms with Crippen molar-refractivity contribution in [2.24, 2.45) is 0 Å². The predicted molar refractivity (Wildman–Crippen MR) is 93.3 cm³/mol. The Labute approximate surface area is 148 Å². The number of carboxylic acid groups (broad SMARTS) is 1. The highest BCUT2D eigenvalue weighted by Gasteiger charge is 2.46. The van der Waals surface area contributed by atoms with Crippen LogP contribution in [-0.4, -0.2) is 68.8 Å². The summed E-state index contributed by atoms with van der Waals surface area (Å²) in [4.78, 5) is 29.1. The van der Waals surface area contributed by atoms with Gasteiger partial charge in [-0.2, -0.15) is 5.10 Å². The maximum atomic E-state index is 13.0. The van der Waals surface area contributed by atoms with E-state index in [4.69, 9.17) is 0 Å². The standard InChI is InChI=1S/C18H28N4O3/c1-3-20-9-5-4-6-15(20)16(23)21-10-7-18(8-11-21,17(24)25)22-13-14(2)12-19-22/h12-13,15H,3-11H2,1-2H3,(H,24,25)/t15-/m1/s1. The van der Waals surface area contributed by atoms with Crippen molar-refractivity contribution < 1.29 is 14.7 Å². The van der Waals surface area contributed by atoms with Crippen molar-refractivity contribution in [1.29, 1.82) is 0 Å². The summed E-state index contributed by atoms with van der Waals surface area (Å²) in [6.45, 7) is 6.80. The molecule has 1 aromatic heterocycles. The first-order chi connectivity index (χ1) is 12.0. The molecule has 0 saturated carbocycles. The Bertz CT molecular complexity index is 634. The van der Waals surface area contributed by atoms with E-state index in [0.717, 1.165) is 37.9 Å². The molecule has 1 atom stereocenters. The normalized spacial score (nSPS) is 24.2. The molecule has 0 aromatic carbocycles. The van der Waals surface area contributed by atoms with Crippen LogP contribution in [0.4, 0.5) is 0 Å². The van der Waals surface area contributed by atoms with Crippen molar-refractivity contribution in [1.82, 2.24) is 19.6 Å². The first-order valence-electron chi connectivity index (χ1n) is 9.26. The minimum atomic E-state index is -1.04. The van der Waals surface area contributed by atoms with E-state index in [9.17, 15) is 14.7 Å². The Balaban J connectivity index is 1.71. The number of nitrogens with zero attached hydrogens (tertiary/aromatic N) is 4. The number of aromatic nitrogens is 2. The molecule has 2 aliphatic rings. The van der Waals surface area contributed by atoms with Gasteiger partial charge in [-0.1, -0.05) is 13.3 Å². The van der Waals surface area contributed by atoms with Crippen molar-refractivity contribution in [2.45, 2.75) is 57.5 Å². The van der Waals surface area contributed by atoms with Gasteiger partial charge in [0.15, 0.2) is 5.54 Å². The molecule has 1 amide bonds. The smallest absolute Gasteiger partial charge is 0.331 e. The van der Waals surface area contributed by atoms with Crippen LogP contribution >= 0.6 is 0 Å². The van der Waals surface area contributed by atoms with Crippen molar-refractivity contribution in [3.63, 3.8) is 0 Å². The summed E-state index contributed by atoms with van der Waals surface area (Å²) in [6, 6.07) is -0.0389. The number of amides is 1. The molecule has 25 heavy (non-hydrogen) atoms. The lowest BCUT2D eigenvalue weighted by Gasteiger charge is -2.42. The number of aryl methyl sites for hydroxylation is 1. The molecule has 7 nitrogen and oxygen atoms in total. The van der Waals surface area contributed by atoms with Crippen LogP contribution in [0.5, 0.6) is 0 Å². The number of aliphatic carboxylic acids is 1. The second-order valence-corrected chi connectivity index (χ2v) is 7.26. The zero-order valence-corrected chi connectivity index (χ0v) is 15.1. The summed E-state index contributed by atoms with van der Waals surface area (Å²) in [6.07, 6.45) is 7.41. The maximum Gasteiger partial charge on any atom is 0.331 e. The number of carbonyl (C=O) groups excluding carboxylic acids is 1. The van der Waals surface area contributed by atoms with Crippen molar-refractivity contribution in [3.05, 3.63) is 18.0 Å². The van der Waals surface area contributed by atoms with Crippen LogP contribution in [0, 0.1) is 6.92 Å². The lowest BCUT2D eigenvalue weighted by atomic mass is 9.87. The monoisotopic (exact) mass is 348 g/mol. The Kier molecular flexibility index (Phi) is 5.13. The lowest BCUT2D eigenvalue weighted by Crippen LogP contribution is -2.57. The molecule has 3 heterocycles. The van der Waals surface area contributed by atoms with E-state index in [1.807, 2.05) is 11.8 Å². The number of carbonyl (C=O) groups is 2. The fourth-order valence-corrected chi connectivity index (χ4v) is 4.14. The van der Waals surface area contributed by atoms with E-state index in [-0.39, 0.29) is 11.9 Å². The van der Waals surface area contributed by atoms with Crippen molar-refractivity contribution in [2.75, 3.05) is 26.2 Å². The van der Waals surface area contributed by atoms with Gasteiger partial charge in [0.25, 0.3) is 0 Å². The topological polar surface area (TPSA) is 78.7 Å². The number of piperidine rings is 2. The summed E-state index contributed by atoms with van der Waals surface area (Å²) < 4.78 is 1.57. The number of rotatable bonds is 4. The van der Waals surface area contributed by atoms with Gasteiger partial charge in [-0.15, -0.1) is 0 Å². The van der Waals surface area contributed by atoms with Crippen LogP contribution in [0.2, 0.25) is 0 Å². The molecular weight excluding hydrogens is 320 g/mol. The Morgan fingerprint density at radius 1 is 1.28 bits per heavy atom. The summed E-state index contributed by atoms with van der Waals surface area (Å²) in [5, 5.41) is 14.1. The van der Waals surface area contributed by atoms with Crippen LogP contribution in [0.3, 0.4) is 0 Å². The molecule has 1 aromatic rings. The Morgan fingerprint density at radius 3 is 2.56 bits per heavy atom. The minimum absolute atomic E-state index is 0.0389. The predicted octanol–water partition coefficient (Wildman–Crippen LogP) is 1.47. The molecule has 2 saturated heterocycles. The first kappa shape index (κ1) is 17.9. The second kappa shape index (κ2) is 7.15. The van der Waals surface area contributed by atoms with E-state index < -0.39 is 11.5 Å². The fraction of sp³-hybridized carbons (Fsp3) is 0.722.